The highest BCUT2D eigenvalue weighted by molar-refractivity contribution is 7.28. The third-order valence-electron chi connectivity index (χ3n) is 10.2. The molecule has 0 heterocycles. The number of hydrogen-bond donors (Lipinski definition) is 0. The fraction of sp³-hybridized carbons (Fsp3) is 0.952. The van der Waals surface area contributed by atoms with E-state index in [1.165, 1.54) is 230 Å². The number of halogens is 2. The third kappa shape index (κ3) is 31.8. The van der Waals surface area contributed by atoms with Gasteiger partial charge in [-0.2, -0.15) is 22.2 Å². The highest BCUT2D eigenvalue weighted by Crippen LogP contribution is 2.31. The van der Waals surface area contributed by atoms with Crippen molar-refractivity contribution in [2.45, 2.75) is 257 Å². The molecule has 0 nitrogen and oxygen atoms in total. The Labute approximate surface area is 303 Å². The van der Waals surface area contributed by atoms with Gasteiger partial charge in [0.05, 0.1) is 0 Å². The number of rotatable bonds is 36. The summed E-state index contributed by atoms with van der Waals surface area (Å²) in [6.07, 6.45) is 43.8. The first-order valence-corrected chi connectivity index (χ1v) is 28.2. The molecule has 0 aliphatic carbocycles. The van der Waals surface area contributed by atoms with Gasteiger partial charge in [0.15, 0.2) is 0 Å². The molecule has 0 rings (SSSR count). The molecule has 0 aliphatic heterocycles. The Hall–Kier alpha value is 0.574. The van der Waals surface area contributed by atoms with Gasteiger partial charge in [0.2, 0.25) is 14.8 Å². The van der Waals surface area contributed by atoms with Gasteiger partial charge in [0.1, 0.15) is 0 Å². The maximum atomic E-state index is 7.63. The molecule has 0 atom stereocenters. The van der Waals surface area contributed by atoms with Gasteiger partial charge in [-0.25, -0.2) is 0 Å². The molecular formula is C42H84Cl2Si2. The molecule has 274 valence electrons. The second-order valence-corrected chi connectivity index (χ2v) is 25.8. The molecule has 0 amide bonds. The lowest BCUT2D eigenvalue weighted by atomic mass is 10.1. The largest absolute Gasteiger partial charge is 0.233 e. The topological polar surface area (TPSA) is 0 Å². The molecule has 0 aromatic heterocycles. The van der Waals surface area contributed by atoms with Crippen molar-refractivity contribution in [3.8, 4) is 11.1 Å². The van der Waals surface area contributed by atoms with E-state index in [0.717, 1.165) is 0 Å². The molecule has 46 heavy (non-hydrogen) atoms. The molecule has 0 aromatic rings. The van der Waals surface area contributed by atoms with E-state index in [0.29, 0.717) is 0 Å². The van der Waals surface area contributed by atoms with Crippen molar-refractivity contribution in [1.29, 1.82) is 0 Å². The zero-order valence-corrected chi connectivity index (χ0v) is 35.7. The molecule has 0 bridgehead atoms. The normalized spacial score (nSPS) is 12.0. The van der Waals surface area contributed by atoms with Crippen LogP contribution in [0.3, 0.4) is 0 Å². The summed E-state index contributed by atoms with van der Waals surface area (Å²) >= 11 is 15.3. The van der Waals surface area contributed by atoms with Crippen molar-refractivity contribution >= 4 is 36.9 Å². The third-order valence-corrected chi connectivity index (χ3v) is 19.0. The zero-order valence-electron chi connectivity index (χ0n) is 32.2. The first-order chi connectivity index (χ1) is 22.4. The highest BCUT2D eigenvalue weighted by Gasteiger charge is 2.32. The summed E-state index contributed by atoms with van der Waals surface area (Å²) in [5, 5.41) is 0. The Morgan fingerprint density at radius 1 is 0.261 bits per heavy atom. The molecule has 0 N–H and O–H groups in total. The summed E-state index contributed by atoms with van der Waals surface area (Å²) in [5.74, 6) is 0. The van der Waals surface area contributed by atoms with E-state index in [9.17, 15) is 0 Å². The van der Waals surface area contributed by atoms with Gasteiger partial charge >= 0.3 is 0 Å². The van der Waals surface area contributed by atoms with Crippen LogP contribution in [-0.4, -0.2) is 14.8 Å². The van der Waals surface area contributed by atoms with Gasteiger partial charge in [-0.1, -0.05) is 233 Å². The van der Waals surface area contributed by atoms with Crippen molar-refractivity contribution in [1.82, 2.24) is 0 Å². The molecule has 0 saturated heterocycles. The molecule has 0 saturated carbocycles. The Kier molecular flexibility index (Phi) is 35.8. The smallest absolute Gasteiger partial charge is 0.150 e. The van der Waals surface area contributed by atoms with Crippen molar-refractivity contribution in [2.75, 3.05) is 0 Å². The SMILES string of the molecule is CCCCCCCCCC[Si](Cl)(C#C[Si](Cl)(CCCCCCCCCC)CCCCCCCCCC)CCCCCCCCCC. The van der Waals surface area contributed by atoms with Crippen LogP contribution in [0.4, 0.5) is 0 Å². The van der Waals surface area contributed by atoms with E-state index in [1.807, 2.05) is 0 Å². The molecule has 0 spiro atoms. The molecule has 0 aliphatic rings. The van der Waals surface area contributed by atoms with E-state index < -0.39 is 14.8 Å². The number of hydrogen-bond acceptors (Lipinski definition) is 0. The highest BCUT2D eigenvalue weighted by atomic mass is 35.6. The molecule has 0 unspecified atom stereocenters. The van der Waals surface area contributed by atoms with Crippen molar-refractivity contribution < 1.29 is 0 Å². The minimum Gasteiger partial charge on any atom is -0.150 e. The van der Waals surface area contributed by atoms with Crippen LogP contribution in [0.2, 0.25) is 24.2 Å². The monoisotopic (exact) mass is 715 g/mol. The Morgan fingerprint density at radius 3 is 0.587 bits per heavy atom. The van der Waals surface area contributed by atoms with Crippen LogP contribution in [0.15, 0.2) is 0 Å². The lowest BCUT2D eigenvalue weighted by Gasteiger charge is -2.22. The van der Waals surface area contributed by atoms with Crippen LogP contribution in [0.25, 0.3) is 0 Å². The predicted molar refractivity (Wildman–Crippen MR) is 221 cm³/mol. The van der Waals surface area contributed by atoms with Crippen LogP contribution in [0, 0.1) is 11.1 Å². The molecule has 0 radical (unpaired) electrons. The van der Waals surface area contributed by atoms with E-state index in [-0.39, 0.29) is 0 Å². The zero-order chi connectivity index (χ0) is 33.9. The summed E-state index contributed by atoms with van der Waals surface area (Å²) in [7, 11) is -4.21. The Balaban J connectivity index is 5.18. The van der Waals surface area contributed by atoms with Crippen molar-refractivity contribution in [3.05, 3.63) is 0 Å². The van der Waals surface area contributed by atoms with Crippen LogP contribution < -0.4 is 0 Å². The van der Waals surface area contributed by atoms with Gasteiger partial charge in [-0.15, -0.1) is 11.1 Å². The summed E-state index contributed by atoms with van der Waals surface area (Å²) < 4.78 is 0. The standard InChI is InChI=1S/C42H84Cl2Si2/c1-5-9-13-17-21-25-29-33-37-45(43,38-34-30-26-22-18-14-10-6-2)41-42-46(44,39-35-31-27-23-19-15-11-7-3)40-36-32-28-24-20-16-12-8-4/h5-40H2,1-4H3. The lowest BCUT2D eigenvalue weighted by Crippen LogP contribution is -2.30. The molecular weight excluding hydrogens is 632 g/mol. The summed E-state index contributed by atoms with van der Waals surface area (Å²) in [5.41, 5.74) is 7.82. The van der Waals surface area contributed by atoms with Crippen molar-refractivity contribution in [3.63, 3.8) is 0 Å². The minimum atomic E-state index is -2.11. The van der Waals surface area contributed by atoms with Gasteiger partial charge in [-0.05, 0) is 24.2 Å². The van der Waals surface area contributed by atoms with Gasteiger partial charge in [0.25, 0.3) is 0 Å². The summed E-state index contributed by atoms with van der Waals surface area (Å²) in [6.45, 7) is 9.23. The predicted octanol–water partition coefficient (Wildman–Crippen LogP) is 17.0. The van der Waals surface area contributed by atoms with Gasteiger partial charge < -0.3 is 0 Å². The molecule has 0 fully saturated rings. The van der Waals surface area contributed by atoms with Crippen LogP contribution in [0.1, 0.15) is 233 Å². The maximum Gasteiger partial charge on any atom is 0.233 e. The lowest BCUT2D eigenvalue weighted by molar-refractivity contribution is 0.581. The van der Waals surface area contributed by atoms with Crippen LogP contribution in [-0.2, 0) is 0 Å². The van der Waals surface area contributed by atoms with Crippen molar-refractivity contribution in [2.24, 2.45) is 0 Å². The fourth-order valence-corrected chi connectivity index (χ4v) is 15.4. The average molecular weight is 716 g/mol. The quantitative estimate of drug-likeness (QED) is 0.0262. The first-order valence-electron chi connectivity index (χ1n) is 21.4. The summed E-state index contributed by atoms with van der Waals surface area (Å²) in [6, 6.07) is 4.74. The molecule has 0 aromatic carbocycles. The maximum absolute atomic E-state index is 7.63. The van der Waals surface area contributed by atoms with Gasteiger partial charge in [-0.3, -0.25) is 0 Å². The van der Waals surface area contributed by atoms with E-state index in [2.05, 4.69) is 38.8 Å². The molecule has 4 heteroatoms. The fourth-order valence-electron chi connectivity index (χ4n) is 6.88. The number of unbranched alkanes of at least 4 members (excludes halogenated alkanes) is 28. The van der Waals surface area contributed by atoms with Crippen LogP contribution in [0.5, 0.6) is 0 Å². The first kappa shape index (κ1) is 46.6. The van der Waals surface area contributed by atoms with E-state index >= 15 is 0 Å². The van der Waals surface area contributed by atoms with E-state index in [4.69, 9.17) is 22.2 Å². The summed E-state index contributed by atoms with van der Waals surface area (Å²) in [4.78, 5) is 0. The Morgan fingerprint density at radius 2 is 0.413 bits per heavy atom. The Bertz CT molecular complexity index is 576. The van der Waals surface area contributed by atoms with Gasteiger partial charge in [0, 0.05) is 0 Å². The average Bonchev–Trinajstić information content (AvgIpc) is 3.05. The van der Waals surface area contributed by atoms with Crippen LogP contribution >= 0.6 is 22.2 Å². The van der Waals surface area contributed by atoms with E-state index in [1.54, 1.807) is 0 Å². The second-order valence-electron chi connectivity index (χ2n) is 15.1. The minimum absolute atomic E-state index is 1.18. The second kappa shape index (κ2) is 35.4.